The predicted molar refractivity (Wildman–Crippen MR) is 133 cm³/mol. The number of hydrogen-bond acceptors (Lipinski definition) is 2. The molecule has 0 saturated carbocycles. The average Bonchev–Trinajstić information content (AvgIpc) is 2.70. The van der Waals surface area contributed by atoms with Crippen LogP contribution in [0.4, 0.5) is 0 Å². The van der Waals surface area contributed by atoms with Crippen LogP contribution in [0.1, 0.15) is 135 Å². The van der Waals surface area contributed by atoms with Gasteiger partial charge in [-0.15, -0.1) is 0 Å². The van der Waals surface area contributed by atoms with Crippen LogP contribution in [0.2, 0.25) is 0 Å². The van der Waals surface area contributed by atoms with E-state index in [0.29, 0.717) is 6.42 Å². The van der Waals surface area contributed by atoms with E-state index in [1.807, 2.05) is 0 Å². The number of aliphatic hydroxyl groups excluding tert-OH is 1. The number of carboxylic acids is 1. The van der Waals surface area contributed by atoms with Crippen molar-refractivity contribution >= 4 is 5.97 Å². The number of quaternary nitrogens is 1. The summed E-state index contributed by atoms with van der Waals surface area (Å²) in [7, 11) is 4.52. The second-order valence-electron chi connectivity index (χ2n) is 10.4. The maximum Gasteiger partial charge on any atom is 0.303 e. The summed E-state index contributed by atoms with van der Waals surface area (Å²) in [6.07, 6.45) is 23.9. The van der Waals surface area contributed by atoms with Gasteiger partial charge in [0.1, 0.15) is 12.6 Å². The highest BCUT2D eigenvalue weighted by atomic mass is 16.4. The van der Waals surface area contributed by atoms with Crippen LogP contribution in [0.15, 0.2) is 0 Å². The normalized spacial score (nSPS) is 12.9. The van der Waals surface area contributed by atoms with Gasteiger partial charge in [-0.25, -0.2) is 0 Å². The molecule has 1 unspecified atom stereocenters. The third kappa shape index (κ3) is 23.9. The summed E-state index contributed by atoms with van der Waals surface area (Å²) in [4.78, 5) is 10.5. The number of carbonyl (C=O) groups is 1. The highest BCUT2D eigenvalue weighted by Gasteiger charge is 2.19. The molecule has 0 bridgehead atoms. The fourth-order valence-corrected chi connectivity index (χ4v) is 4.50. The van der Waals surface area contributed by atoms with E-state index in [1.54, 1.807) is 0 Å². The van der Waals surface area contributed by atoms with Crippen LogP contribution in [0, 0.1) is 0 Å². The number of hydrogen-bond donors (Lipinski definition) is 2. The van der Waals surface area contributed by atoms with Gasteiger partial charge in [0.05, 0.1) is 20.6 Å². The topological polar surface area (TPSA) is 57.5 Å². The van der Waals surface area contributed by atoms with Crippen molar-refractivity contribution in [2.45, 2.75) is 141 Å². The van der Waals surface area contributed by atoms with Gasteiger partial charge in [0.25, 0.3) is 0 Å². The van der Waals surface area contributed by atoms with Crippen molar-refractivity contribution in [1.82, 2.24) is 0 Å². The fraction of sp³-hybridized carbons (Fsp3) is 0.963. The smallest absolute Gasteiger partial charge is 0.303 e. The molecule has 2 N–H and O–H groups in total. The number of likely N-dealkylation sites (N-methyl/N-ethyl adjacent to an activating group) is 1. The molecule has 0 aliphatic heterocycles. The minimum absolute atomic E-state index is 0.152. The third-order valence-corrected chi connectivity index (χ3v) is 6.50. The molecule has 0 fully saturated rings. The first kappa shape index (κ1) is 30.4. The van der Waals surface area contributed by atoms with Gasteiger partial charge >= 0.3 is 5.97 Å². The Kier molecular flexibility index (Phi) is 20.8. The maximum atomic E-state index is 10.5. The Hall–Kier alpha value is -0.610. The Morgan fingerprint density at radius 2 is 1.10 bits per heavy atom. The number of unbranched alkanes of at least 4 members (excludes halogenated alkanes) is 16. The molecule has 31 heavy (non-hydrogen) atoms. The number of aliphatic hydroxyl groups is 1. The van der Waals surface area contributed by atoms with Crippen LogP contribution >= 0.6 is 0 Å². The van der Waals surface area contributed by atoms with Gasteiger partial charge in [-0.1, -0.05) is 103 Å². The Balaban J connectivity index is 3.49. The lowest BCUT2D eigenvalue weighted by atomic mass is 10.0. The van der Waals surface area contributed by atoms with Crippen molar-refractivity contribution in [1.29, 1.82) is 0 Å². The van der Waals surface area contributed by atoms with Gasteiger partial charge in [-0.05, 0) is 25.7 Å². The largest absolute Gasteiger partial charge is 0.481 e. The highest BCUT2D eigenvalue weighted by Crippen LogP contribution is 2.14. The molecule has 0 rings (SSSR count). The Labute approximate surface area is 194 Å². The van der Waals surface area contributed by atoms with Gasteiger partial charge in [0.15, 0.2) is 0 Å². The molecule has 0 aliphatic carbocycles. The zero-order chi connectivity index (χ0) is 23.2. The Morgan fingerprint density at radius 1 is 0.677 bits per heavy atom. The summed E-state index contributed by atoms with van der Waals surface area (Å²) in [5, 5.41) is 19.0. The van der Waals surface area contributed by atoms with Crippen molar-refractivity contribution in [3.8, 4) is 0 Å². The van der Waals surface area contributed by atoms with Crippen LogP contribution in [0.3, 0.4) is 0 Å². The van der Waals surface area contributed by atoms with Crippen molar-refractivity contribution in [3.63, 3.8) is 0 Å². The summed E-state index contributed by atoms with van der Waals surface area (Å²) in [6, 6.07) is 0. The zero-order valence-corrected chi connectivity index (χ0v) is 21.4. The van der Waals surface area contributed by atoms with Crippen molar-refractivity contribution in [2.24, 2.45) is 0 Å². The molecule has 0 amide bonds. The minimum atomic E-state index is -0.669. The number of aliphatic carboxylic acids is 1. The summed E-state index contributed by atoms with van der Waals surface area (Å²) in [5.74, 6) is -0.669. The monoisotopic (exact) mass is 442 g/mol. The molecule has 4 heteroatoms. The molecule has 0 heterocycles. The molecular weight excluding hydrogens is 386 g/mol. The summed E-state index contributed by atoms with van der Waals surface area (Å²) >= 11 is 0. The van der Waals surface area contributed by atoms with E-state index in [9.17, 15) is 9.90 Å². The van der Waals surface area contributed by atoms with Crippen LogP contribution in [0.5, 0.6) is 0 Å². The summed E-state index contributed by atoms with van der Waals surface area (Å²) < 4.78 is 0.933. The Bertz CT molecular complexity index is 398. The first-order valence-electron chi connectivity index (χ1n) is 13.6. The molecule has 0 radical (unpaired) electrons. The van der Waals surface area contributed by atoms with Gasteiger partial charge in [0.2, 0.25) is 0 Å². The lowest BCUT2D eigenvalue weighted by molar-refractivity contribution is -0.893. The van der Waals surface area contributed by atoms with Gasteiger partial charge in [-0.3, -0.25) is 4.79 Å². The molecule has 0 aromatic carbocycles. The van der Waals surface area contributed by atoms with Crippen molar-refractivity contribution < 1.29 is 19.5 Å². The van der Waals surface area contributed by atoms with Crippen molar-refractivity contribution in [2.75, 3.05) is 27.2 Å². The van der Waals surface area contributed by atoms with Crippen LogP contribution < -0.4 is 0 Å². The first-order valence-corrected chi connectivity index (χ1v) is 13.6. The van der Waals surface area contributed by atoms with E-state index in [4.69, 9.17) is 5.11 Å². The number of rotatable bonds is 24. The number of nitrogens with zero attached hydrogens (tertiary/aromatic N) is 1. The second kappa shape index (κ2) is 21.2. The standard InChI is InChI=1S/C27H55NO3/c1-4-5-6-7-8-10-13-16-19-22-26(29)25-28(2,3)24-21-18-15-12-9-11-14-17-20-23-27(30)31/h26,29H,4-25H2,1-3H3/p+1. The molecule has 0 aromatic rings. The van der Waals surface area contributed by atoms with E-state index >= 15 is 0 Å². The summed E-state index contributed by atoms with van der Waals surface area (Å²) in [6.45, 7) is 4.31. The lowest BCUT2D eigenvalue weighted by Crippen LogP contribution is -2.45. The van der Waals surface area contributed by atoms with E-state index in [-0.39, 0.29) is 6.10 Å². The molecule has 186 valence electrons. The van der Waals surface area contributed by atoms with E-state index < -0.39 is 5.97 Å². The van der Waals surface area contributed by atoms with E-state index in [2.05, 4.69) is 21.0 Å². The maximum absolute atomic E-state index is 10.5. The molecule has 1 atom stereocenters. The average molecular weight is 443 g/mol. The van der Waals surface area contributed by atoms with Gasteiger partial charge in [-0.2, -0.15) is 0 Å². The van der Waals surface area contributed by atoms with Crippen LogP contribution in [0.25, 0.3) is 0 Å². The summed E-state index contributed by atoms with van der Waals surface area (Å²) in [5.41, 5.74) is 0. The predicted octanol–water partition coefficient (Wildman–Crippen LogP) is 7.33. The van der Waals surface area contributed by atoms with Crippen LogP contribution in [-0.2, 0) is 4.79 Å². The van der Waals surface area contributed by atoms with Gasteiger partial charge in [0, 0.05) is 6.42 Å². The molecule has 0 aliphatic rings. The van der Waals surface area contributed by atoms with Gasteiger partial charge < -0.3 is 14.7 Å². The minimum Gasteiger partial charge on any atom is -0.481 e. The quantitative estimate of drug-likeness (QED) is 0.121. The second-order valence-corrected chi connectivity index (χ2v) is 10.4. The van der Waals surface area contributed by atoms with E-state index in [0.717, 1.165) is 36.8 Å². The number of carboxylic acid groups (broad SMARTS) is 1. The lowest BCUT2D eigenvalue weighted by Gasteiger charge is -2.32. The molecule has 0 spiro atoms. The fourth-order valence-electron chi connectivity index (χ4n) is 4.50. The van der Waals surface area contributed by atoms with E-state index in [1.165, 1.54) is 103 Å². The SMILES string of the molecule is CCCCCCCCCCCC(O)C[N+](C)(C)CCCCCCCCCCCC(=O)O. The molecule has 4 nitrogen and oxygen atoms in total. The molecular formula is C27H56NO3+. The Morgan fingerprint density at radius 3 is 1.58 bits per heavy atom. The van der Waals surface area contributed by atoms with Crippen LogP contribution in [-0.4, -0.2) is 54.0 Å². The zero-order valence-electron chi connectivity index (χ0n) is 21.4. The molecule has 0 saturated heterocycles. The molecule has 0 aromatic heterocycles. The van der Waals surface area contributed by atoms with Crippen molar-refractivity contribution in [3.05, 3.63) is 0 Å². The third-order valence-electron chi connectivity index (χ3n) is 6.50. The highest BCUT2D eigenvalue weighted by molar-refractivity contribution is 5.66. The first-order chi connectivity index (χ1) is 14.9.